The Labute approximate surface area is 220 Å². The number of urea groups is 1. The summed E-state index contributed by atoms with van der Waals surface area (Å²) in [6, 6.07) is 10.1. The van der Waals surface area contributed by atoms with Gasteiger partial charge in [0.15, 0.2) is 5.96 Å². The Bertz CT molecular complexity index is 1140. The molecule has 2 rings (SSSR count). The number of ether oxygens (including phenoxy) is 1. The second kappa shape index (κ2) is 14.5. The number of carbonyl (C=O) groups is 3. The summed E-state index contributed by atoms with van der Waals surface area (Å²) in [6.45, 7) is 3.72. The molecule has 0 spiro atoms. The summed E-state index contributed by atoms with van der Waals surface area (Å²) in [7, 11) is 1.20. The lowest BCUT2D eigenvalue weighted by Crippen LogP contribution is -2.55. The highest BCUT2D eigenvalue weighted by Crippen LogP contribution is 2.22. The van der Waals surface area contributed by atoms with E-state index in [2.05, 4.69) is 25.9 Å². The standard InChI is InChI=1S/C25H32ClN7O4/c1-4-8-19(29-24(27)28)21(23(35)37-3)31-22(34)20(13-16-9-6-5-7-10-16)30-25(36)33-32-17-12-11-15(2)18(26)14-17/h5-7,9-12,14,19-21H,4,8,13H2,1-3H3,(H,30,36)(H,31,34)(H4,27,28,29). The van der Waals surface area contributed by atoms with Gasteiger partial charge < -0.3 is 26.8 Å². The van der Waals surface area contributed by atoms with Gasteiger partial charge in [0.05, 0.1) is 18.8 Å². The zero-order valence-electron chi connectivity index (χ0n) is 21.0. The van der Waals surface area contributed by atoms with Gasteiger partial charge in [0.25, 0.3) is 0 Å². The SMILES string of the molecule is CCCC(N=C(N)N)C(NC(=O)C(Cc1ccccc1)NC(=O)N=Nc1ccc(C)c(Cl)c1)C(=O)OC. The van der Waals surface area contributed by atoms with Gasteiger partial charge in [-0.3, -0.25) is 4.79 Å². The Hall–Kier alpha value is -3.99. The maximum absolute atomic E-state index is 13.3. The number of methoxy groups -OCH3 is 1. The van der Waals surface area contributed by atoms with Crippen LogP contribution in [0.15, 0.2) is 63.8 Å². The monoisotopic (exact) mass is 529 g/mol. The first-order valence-electron chi connectivity index (χ1n) is 11.6. The van der Waals surface area contributed by atoms with Crippen LogP contribution in [0.4, 0.5) is 10.5 Å². The van der Waals surface area contributed by atoms with Crippen LogP contribution in [0.2, 0.25) is 5.02 Å². The van der Waals surface area contributed by atoms with Crippen LogP contribution in [-0.4, -0.2) is 49.1 Å². The second-order valence-electron chi connectivity index (χ2n) is 8.24. The molecule has 2 aromatic rings. The van der Waals surface area contributed by atoms with E-state index in [4.69, 9.17) is 27.8 Å². The second-order valence-corrected chi connectivity index (χ2v) is 8.65. The molecule has 6 N–H and O–H groups in total. The number of amides is 3. The van der Waals surface area contributed by atoms with Gasteiger partial charge >= 0.3 is 12.0 Å². The van der Waals surface area contributed by atoms with Crippen molar-refractivity contribution in [3.8, 4) is 0 Å². The molecule has 2 aromatic carbocycles. The number of halogens is 1. The number of nitrogens with one attached hydrogen (secondary N) is 2. The normalized spacial score (nSPS) is 13.3. The van der Waals surface area contributed by atoms with Crippen molar-refractivity contribution in [3.05, 3.63) is 64.7 Å². The average Bonchev–Trinajstić information content (AvgIpc) is 2.87. The topological polar surface area (TPSA) is 174 Å². The van der Waals surface area contributed by atoms with Crippen LogP contribution in [0.3, 0.4) is 0 Å². The fraction of sp³-hybridized carbons (Fsp3) is 0.360. The molecule has 12 heteroatoms. The number of guanidine groups is 1. The number of benzene rings is 2. The first-order chi connectivity index (χ1) is 17.6. The molecule has 0 aliphatic rings. The van der Waals surface area contributed by atoms with Crippen LogP contribution >= 0.6 is 11.6 Å². The first-order valence-corrected chi connectivity index (χ1v) is 12.0. The number of hydrogen-bond acceptors (Lipinski definition) is 6. The Morgan fingerprint density at radius 3 is 2.38 bits per heavy atom. The van der Waals surface area contributed by atoms with Gasteiger partial charge in [0.2, 0.25) is 5.91 Å². The predicted octanol–water partition coefficient (Wildman–Crippen LogP) is 3.15. The van der Waals surface area contributed by atoms with Gasteiger partial charge in [-0.2, -0.15) is 0 Å². The molecule has 0 aliphatic heterocycles. The van der Waals surface area contributed by atoms with E-state index in [1.807, 2.05) is 19.9 Å². The highest BCUT2D eigenvalue weighted by atomic mass is 35.5. The van der Waals surface area contributed by atoms with E-state index in [1.165, 1.54) is 7.11 Å². The van der Waals surface area contributed by atoms with Crippen molar-refractivity contribution in [1.82, 2.24) is 10.6 Å². The van der Waals surface area contributed by atoms with Gasteiger partial charge in [0, 0.05) is 11.4 Å². The average molecular weight is 530 g/mol. The van der Waals surface area contributed by atoms with Crippen LogP contribution < -0.4 is 22.1 Å². The lowest BCUT2D eigenvalue weighted by Gasteiger charge is -2.25. The minimum atomic E-state index is -1.17. The van der Waals surface area contributed by atoms with Crippen LogP contribution in [0, 0.1) is 6.92 Å². The smallest absolute Gasteiger partial charge is 0.360 e. The number of carbonyl (C=O) groups excluding carboxylic acids is 3. The van der Waals surface area contributed by atoms with E-state index in [0.717, 1.165) is 11.1 Å². The summed E-state index contributed by atoms with van der Waals surface area (Å²) in [5.41, 5.74) is 13.1. The third-order valence-corrected chi connectivity index (χ3v) is 5.75. The van der Waals surface area contributed by atoms with Crippen molar-refractivity contribution < 1.29 is 19.1 Å². The molecule has 198 valence electrons. The molecule has 0 aliphatic carbocycles. The number of hydrogen-bond donors (Lipinski definition) is 4. The fourth-order valence-corrected chi connectivity index (χ4v) is 3.64. The van der Waals surface area contributed by atoms with Crippen molar-refractivity contribution in [2.24, 2.45) is 26.7 Å². The van der Waals surface area contributed by atoms with Crippen LogP contribution in [0.1, 0.15) is 30.9 Å². The van der Waals surface area contributed by atoms with Crippen LogP contribution in [0.5, 0.6) is 0 Å². The third-order valence-electron chi connectivity index (χ3n) is 5.35. The number of nitrogens with two attached hydrogens (primary N) is 2. The Morgan fingerprint density at radius 1 is 1.08 bits per heavy atom. The molecule has 37 heavy (non-hydrogen) atoms. The van der Waals surface area contributed by atoms with Crippen LogP contribution in [-0.2, 0) is 20.7 Å². The summed E-state index contributed by atoms with van der Waals surface area (Å²) in [4.78, 5) is 42.6. The molecular formula is C25H32ClN7O4. The van der Waals surface area contributed by atoms with Gasteiger partial charge in [-0.05, 0) is 36.6 Å². The molecular weight excluding hydrogens is 498 g/mol. The molecule has 0 bridgehead atoms. The summed E-state index contributed by atoms with van der Waals surface area (Å²) in [5, 5.41) is 13.2. The number of nitrogens with zero attached hydrogens (tertiary/aromatic N) is 3. The van der Waals surface area contributed by atoms with E-state index >= 15 is 0 Å². The van der Waals surface area contributed by atoms with E-state index < -0.39 is 36.0 Å². The number of rotatable bonds is 11. The number of aliphatic imine (C=N–C) groups is 1. The van der Waals surface area contributed by atoms with Gasteiger partial charge in [-0.15, -0.1) is 5.11 Å². The van der Waals surface area contributed by atoms with Gasteiger partial charge in [-0.1, -0.05) is 66.5 Å². The summed E-state index contributed by atoms with van der Waals surface area (Å²) in [6.07, 6.45) is 1.16. The highest BCUT2D eigenvalue weighted by molar-refractivity contribution is 6.31. The molecule has 3 atom stereocenters. The molecule has 0 aromatic heterocycles. The molecule has 11 nitrogen and oxygen atoms in total. The molecule has 0 saturated heterocycles. The van der Waals surface area contributed by atoms with Crippen molar-refractivity contribution >= 4 is 41.2 Å². The van der Waals surface area contributed by atoms with E-state index in [0.29, 0.717) is 23.6 Å². The first kappa shape index (κ1) is 29.2. The van der Waals surface area contributed by atoms with Crippen LogP contribution in [0.25, 0.3) is 0 Å². The molecule has 0 fully saturated rings. The molecule has 0 radical (unpaired) electrons. The van der Waals surface area contributed by atoms with Crippen molar-refractivity contribution in [3.63, 3.8) is 0 Å². The summed E-state index contributed by atoms with van der Waals surface area (Å²) < 4.78 is 4.87. The predicted molar refractivity (Wildman–Crippen MR) is 142 cm³/mol. The quantitative estimate of drug-likeness (QED) is 0.150. The Morgan fingerprint density at radius 2 is 1.78 bits per heavy atom. The van der Waals surface area contributed by atoms with E-state index in [-0.39, 0.29) is 12.4 Å². The maximum atomic E-state index is 13.3. The maximum Gasteiger partial charge on any atom is 0.360 e. The van der Waals surface area contributed by atoms with Crippen molar-refractivity contribution in [2.45, 2.75) is 51.2 Å². The van der Waals surface area contributed by atoms with Crippen molar-refractivity contribution in [1.29, 1.82) is 0 Å². The Kier molecular flexibility index (Phi) is 11.5. The zero-order chi connectivity index (χ0) is 27.4. The lowest BCUT2D eigenvalue weighted by atomic mass is 10.0. The number of esters is 1. The van der Waals surface area contributed by atoms with Crippen molar-refractivity contribution in [2.75, 3.05) is 7.11 Å². The molecule has 0 saturated carbocycles. The van der Waals surface area contributed by atoms with E-state index in [9.17, 15) is 14.4 Å². The zero-order valence-corrected chi connectivity index (χ0v) is 21.7. The minimum Gasteiger partial charge on any atom is -0.467 e. The highest BCUT2D eigenvalue weighted by Gasteiger charge is 2.33. The largest absolute Gasteiger partial charge is 0.467 e. The van der Waals surface area contributed by atoms with Gasteiger partial charge in [0.1, 0.15) is 12.1 Å². The number of aryl methyl sites for hydroxylation is 1. The number of azo groups is 1. The summed E-state index contributed by atoms with van der Waals surface area (Å²) >= 11 is 6.09. The fourth-order valence-electron chi connectivity index (χ4n) is 3.47. The van der Waals surface area contributed by atoms with E-state index in [1.54, 1.807) is 42.5 Å². The Balaban J connectivity index is 2.28. The molecule has 0 heterocycles. The van der Waals surface area contributed by atoms with Gasteiger partial charge in [-0.25, -0.2) is 14.6 Å². The lowest BCUT2D eigenvalue weighted by molar-refractivity contribution is -0.146. The summed E-state index contributed by atoms with van der Waals surface area (Å²) in [5.74, 6) is -1.60. The minimum absolute atomic E-state index is 0.124. The third kappa shape index (κ3) is 9.53. The molecule has 3 amide bonds. The molecule has 3 unspecified atom stereocenters.